The minimum atomic E-state index is -0.697. The fraction of sp³-hybridized carbons (Fsp3) is 0.462. The monoisotopic (exact) mass is 272 g/mol. The van der Waals surface area contributed by atoms with E-state index in [0.29, 0.717) is 13.0 Å². The number of urea groups is 1. The minimum Gasteiger partial charge on any atom is -0.393 e. The van der Waals surface area contributed by atoms with Gasteiger partial charge >= 0.3 is 6.03 Å². The predicted octanol–water partition coefficient (Wildman–Crippen LogP) is 2.10. The summed E-state index contributed by atoms with van der Waals surface area (Å²) in [5, 5.41) is 14.1. The number of halogens is 2. The van der Waals surface area contributed by atoms with Crippen LogP contribution in [0.3, 0.4) is 0 Å². The molecule has 3 N–H and O–H groups in total. The van der Waals surface area contributed by atoms with Crippen LogP contribution >= 0.6 is 0 Å². The molecular formula is C13H18F2N2O2. The van der Waals surface area contributed by atoms with Crippen molar-refractivity contribution < 1.29 is 18.7 Å². The molecule has 2 amide bonds. The van der Waals surface area contributed by atoms with Crippen molar-refractivity contribution in [2.75, 3.05) is 6.54 Å². The lowest BCUT2D eigenvalue weighted by atomic mass is 10.1. The van der Waals surface area contributed by atoms with Gasteiger partial charge in [0, 0.05) is 18.2 Å². The van der Waals surface area contributed by atoms with Crippen LogP contribution in [-0.4, -0.2) is 23.8 Å². The summed E-state index contributed by atoms with van der Waals surface area (Å²) in [4.78, 5) is 11.5. The predicted molar refractivity (Wildman–Crippen MR) is 67.6 cm³/mol. The number of rotatable bonds is 5. The van der Waals surface area contributed by atoms with Crippen LogP contribution in [0.15, 0.2) is 18.2 Å². The maximum atomic E-state index is 13.5. The molecule has 0 aromatic heterocycles. The Bertz CT molecular complexity index is 439. The highest BCUT2D eigenvalue weighted by atomic mass is 19.1. The van der Waals surface area contributed by atoms with Crippen LogP contribution in [0, 0.1) is 11.6 Å². The van der Waals surface area contributed by atoms with Gasteiger partial charge in [-0.2, -0.15) is 0 Å². The van der Waals surface area contributed by atoms with Crippen molar-refractivity contribution >= 4 is 6.03 Å². The fourth-order valence-corrected chi connectivity index (χ4v) is 1.57. The molecular weight excluding hydrogens is 254 g/mol. The van der Waals surface area contributed by atoms with Crippen molar-refractivity contribution in [2.24, 2.45) is 0 Å². The summed E-state index contributed by atoms with van der Waals surface area (Å²) >= 11 is 0. The van der Waals surface area contributed by atoms with Gasteiger partial charge in [-0.3, -0.25) is 0 Å². The SMILES string of the molecule is CC(O)CCNC(=O)NC(C)c1ccc(F)cc1F. The summed E-state index contributed by atoms with van der Waals surface area (Å²) in [6, 6.07) is 2.18. The van der Waals surface area contributed by atoms with Gasteiger partial charge in [0.05, 0.1) is 12.1 Å². The first-order valence-corrected chi connectivity index (χ1v) is 6.07. The lowest BCUT2D eigenvalue weighted by molar-refractivity contribution is 0.183. The third-order valence-corrected chi connectivity index (χ3v) is 2.62. The molecule has 106 valence electrons. The second kappa shape index (κ2) is 7.04. The van der Waals surface area contributed by atoms with Crippen molar-refractivity contribution in [3.05, 3.63) is 35.4 Å². The fourth-order valence-electron chi connectivity index (χ4n) is 1.57. The molecule has 2 atom stereocenters. The Morgan fingerprint density at radius 3 is 2.63 bits per heavy atom. The summed E-state index contributed by atoms with van der Waals surface area (Å²) in [7, 11) is 0. The molecule has 1 aromatic rings. The molecule has 0 heterocycles. The number of carbonyl (C=O) groups is 1. The van der Waals surface area contributed by atoms with Crippen molar-refractivity contribution in [1.82, 2.24) is 10.6 Å². The Balaban J connectivity index is 2.49. The first kappa shape index (κ1) is 15.4. The lowest BCUT2D eigenvalue weighted by Gasteiger charge is -2.16. The molecule has 0 bridgehead atoms. The highest BCUT2D eigenvalue weighted by Gasteiger charge is 2.13. The van der Waals surface area contributed by atoms with Gasteiger partial charge in [-0.25, -0.2) is 13.6 Å². The molecule has 2 unspecified atom stereocenters. The molecule has 6 heteroatoms. The van der Waals surface area contributed by atoms with E-state index in [-0.39, 0.29) is 5.56 Å². The van der Waals surface area contributed by atoms with E-state index in [1.807, 2.05) is 0 Å². The highest BCUT2D eigenvalue weighted by molar-refractivity contribution is 5.74. The van der Waals surface area contributed by atoms with Gasteiger partial charge in [-0.15, -0.1) is 0 Å². The van der Waals surface area contributed by atoms with Crippen molar-refractivity contribution in [2.45, 2.75) is 32.4 Å². The normalized spacial score (nSPS) is 13.7. The largest absolute Gasteiger partial charge is 0.393 e. The van der Waals surface area contributed by atoms with E-state index in [4.69, 9.17) is 5.11 Å². The van der Waals surface area contributed by atoms with Gasteiger partial charge in [0.25, 0.3) is 0 Å². The first-order valence-electron chi connectivity index (χ1n) is 6.07. The summed E-state index contributed by atoms with van der Waals surface area (Å²) in [5.41, 5.74) is 0.215. The van der Waals surface area contributed by atoms with Gasteiger partial charge in [0.2, 0.25) is 0 Å². The quantitative estimate of drug-likeness (QED) is 0.768. The Labute approximate surface area is 110 Å². The van der Waals surface area contributed by atoms with E-state index in [1.165, 1.54) is 6.07 Å². The Hall–Kier alpha value is -1.69. The number of hydrogen-bond acceptors (Lipinski definition) is 2. The first-order chi connectivity index (χ1) is 8.90. The van der Waals surface area contributed by atoms with Gasteiger partial charge in [-0.05, 0) is 26.3 Å². The molecule has 0 radical (unpaired) electrons. The molecule has 0 fully saturated rings. The Kier molecular flexibility index (Phi) is 5.69. The number of amides is 2. The van der Waals surface area contributed by atoms with Crippen LogP contribution in [0.4, 0.5) is 13.6 Å². The Morgan fingerprint density at radius 1 is 1.37 bits per heavy atom. The van der Waals surface area contributed by atoms with E-state index in [2.05, 4.69) is 10.6 Å². The maximum absolute atomic E-state index is 13.5. The average molecular weight is 272 g/mol. The van der Waals surface area contributed by atoms with Gasteiger partial charge < -0.3 is 15.7 Å². The second-order valence-corrected chi connectivity index (χ2v) is 4.43. The molecule has 1 rings (SSSR count). The van der Waals surface area contributed by atoms with Crippen LogP contribution in [0.1, 0.15) is 31.9 Å². The maximum Gasteiger partial charge on any atom is 0.315 e. The van der Waals surface area contributed by atoms with Crippen molar-refractivity contribution in [1.29, 1.82) is 0 Å². The summed E-state index contributed by atoms with van der Waals surface area (Å²) in [6.07, 6.45) is -0.0561. The van der Waals surface area contributed by atoms with Crippen LogP contribution in [0.5, 0.6) is 0 Å². The van der Waals surface area contributed by atoms with Crippen molar-refractivity contribution in [3.8, 4) is 0 Å². The third-order valence-electron chi connectivity index (χ3n) is 2.62. The zero-order valence-corrected chi connectivity index (χ0v) is 10.9. The zero-order chi connectivity index (χ0) is 14.4. The molecule has 0 aliphatic rings. The lowest BCUT2D eigenvalue weighted by Crippen LogP contribution is -2.38. The van der Waals surface area contributed by atoms with Crippen LogP contribution in [0.2, 0.25) is 0 Å². The second-order valence-electron chi connectivity index (χ2n) is 4.43. The number of benzene rings is 1. The smallest absolute Gasteiger partial charge is 0.315 e. The number of aliphatic hydroxyl groups is 1. The van der Waals surface area contributed by atoms with Crippen LogP contribution in [0.25, 0.3) is 0 Å². The number of aliphatic hydroxyl groups excluding tert-OH is 1. The summed E-state index contributed by atoms with van der Waals surface area (Å²) in [5.74, 6) is -1.35. The third kappa shape index (κ3) is 5.21. The highest BCUT2D eigenvalue weighted by Crippen LogP contribution is 2.17. The Morgan fingerprint density at radius 2 is 2.05 bits per heavy atom. The molecule has 0 aliphatic carbocycles. The van der Waals surface area contributed by atoms with Crippen LogP contribution < -0.4 is 10.6 Å². The molecule has 19 heavy (non-hydrogen) atoms. The van der Waals surface area contributed by atoms with Crippen LogP contribution in [-0.2, 0) is 0 Å². The van der Waals surface area contributed by atoms with Gasteiger partial charge in [0.1, 0.15) is 11.6 Å². The summed E-state index contributed by atoms with van der Waals surface area (Å²) < 4.78 is 26.2. The summed E-state index contributed by atoms with van der Waals surface area (Å²) in [6.45, 7) is 3.54. The van der Waals surface area contributed by atoms with E-state index in [0.717, 1.165) is 12.1 Å². The number of nitrogens with one attached hydrogen (secondary N) is 2. The molecule has 4 nitrogen and oxygen atoms in total. The standard InChI is InChI=1S/C13H18F2N2O2/c1-8(18)5-6-16-13(19)17-9(2)11-4-3-10(14)7-12(11)15/h3-4,7-9,18H,5-6H2,1-2H3,(H2,16,17,19). The van der Waals surface area contributed by atoms with E-state index < -0.39 is 29.8 Å². The van der Waals surface area contributed by atoms with Gasteiger partial charge in [0.15, 0.2) is 0 Å². The minimum absolute atomic E-state index is 0.215. The number of hydrogen-bond donors (Lipinski definition) is 3. The molecule has 0 aliphatic heterocycles. The molecule has 1 aromatic carbocycles. The molecule has 0 spiro atoms. The molecule has 0 saturated carbocycles. The van der Waals surface area contributed by atoms with Gasteiger partial charge in [-0.1, -0.05) is 6.07 Å². The average Bonchev–Trinajstić information content (AvgIpc) is 2.27. The van der Waals surface area contributed by atoms with E-state index in [1.54, 1.807) is 13.8 Å². The van der Waals surface area contributed by atoms with Crippen molar-refractivity contribution in [3.63, 3.8) is 0 Å². The zero-order valence-electron chi connectivity index (χ0n) is 10.9. The van der Waals surface area contributed by atoms with E-state index in [9.17, 15) is 13.6 Å². The molecule has 0 saturated heterocycles. The topological polar surface area (TPSA) is 61.4 Å². The number of carbonyl (C=O) groups excluding carboxylic acids is 1. The van der Waals surface area contributed by atoms with E-state index >= 15 is 0 Å².